The van der Waals surface area contributed by atoms with Crippen molar-refractivity contribution in [3.8, 4) is 6.07 Å². The first-order valence-electron chi connectivity index (χ1n) is 5.69. The lowest BCUT2D eigenvalue weighted by molar-refractivity contribution is 0.301. The number of hydrogen-bond donors (Lipinski definition) is 1. The van der Waals surface area contributed by atoms with Crippen LogP contribution in [0.5, 0.6) is 0 Å². The zero-order valence-electron chi connectivity index (χ0n) is 9.17. The summed E-state index contributed by atoms with van der Waals surface area (Å²) in [4.78, 5) is 0. The van der Waals surface area contributed by atoms with E-state index in [2.05, 4.69) is 5.32 Å². The van der Waals surface area contributed by atoms with Crippen LogP contribution in [0, 0.1) is 23.1 Å². The number of halogens is 1. The summed E-state index contributed by atoms with van der Waals surface area (Å²) in [5.74, 6) is 0.383. The number of nitrogens with one attached hydrogen (secondary N) is 1. The van der Waals surface area contributed by atoms with Gasteiger partial charge in [0.05, 0.1) is 5.56 Å². The van der Waals surface area contributed by atoms with Crippen molar-refractivity contribution in [1.29, 1.82) is 5.26 Å². The van der Waals surface area contributed by atoms with Crippen LogP contribution in [0.15, 0.2) is 18.2 Å². The number of benzene rings is 1. The van der Waals surface area contributed by atoms with Crippen molar-refractivity contribution in [2.75, 3.05) is 6.54 Å². The summed E-state index contributed by atoms with van der Waals surface area (Å²) >= 11 is 0. The van der Waals surface area contributed by atoms with Gasteiger partial charge in [-0.1, -0.05) is 18.6 Å². The first-order valence-corrected chi connectivity index (χ1v) is 5.69. The Hall–Kier alpha value is -1.40. The van der Waals surface area contributed by atoms with E-state index in [0.717, 1.165) is 12.5 Å². The van der Waals surface area contributed by atoms with E-state index in [9.17, 15) is 4.39 Å². The monoisotopic (exact) mass is 218 g/mol. The molecular formula is C13H15FN2. The number of nitriles is 1. The van der Waals surface area contributed by atoms with Crippen molar-refractivity contribution in [3.05, 3.63) is 35.1 Å². The molecule has 0 heterocycles. The second-order valence-electron chi connectivity index (χ2n) is 4.32. The quantitative estimate of drug-likeness (QED) is 0.843. The third-order valence-electron chi connectivity index (χ3n) is 3.17. The Labute approximate surface area is 95.1 Å². The summed E-state index contributed by atoms with van der Waals surface area (Å²) in [6, 6.07) is 6.81. The molecule has 1 aromatic carbocycles. The molecule has 1 aliphatic rings. The topological polar surface area (TPSA) is 35.8 Å². The minimum atomic E-state index is -0.383. The van der Waals surface area contributed by atoms with Crippen molar-refractivity contribution in [2.24, 2.45) is 5.92 Å². The van der Waals surface area contributed by atoms with Crippen LogP contribution in [0.4, 0.5) is 4.39 Å². The van der Waals surface area contributed by atoms with E-state index in [0.29, 0.717) is 12.1 Å². The molecule has 0 radical (unpaired) electrons. The van der Waals surface area contributed by atoms with Crippen LogP contribution >= 0.6 is 0 Å². The Morgan fingerprint density at radius 1 is 1.44 bits per heavy atom. The smallest absolute Gasteiger partial charge is 0.145 e. The summed E-state index contributed by atoms with van der Waals surface area (Å²) in [7, 11) is 0. The third kappa shape index (κ3) is 2.40. The van der Waals surface area contributed by atoms with Crippen LogP contribution in [0.2, 0.25) is 0 Å². The van der Waals surface area contributed by atoms with Gasteiger partial charge in [0.2, 0.25) is 0 Å². The van der Waals surface area contributed by atoms with Crippen molar-refractivity contribution in [2.45, 2.75) is 25.8 Å². The average Bonchev–Trinajstić information content (AvgIpc) is 2.24. The van der Waals surface area contributed by atoms with E-state index >= 15 is 0 Å². The molecule has 1 aromatic rings. The highest BCUT2D eigenvalue weighted by Crippen LogP contribution is 2.25. The number of nitrogens with zero attached hydrogens (tertiary/aromatic N) is 1. The fourth-order valence-corrected chi connectivity index (χ4v) is 1.91. The molecular weight excluding hydrogens is 203 g/mol. The molecule has 3 heteroatoms. The highest BCUT2D eigenvalue weighted by molar-refractivity contribution is 5.34. The van der Waals surface area contributed by atoms with Crippen LogP contribution < -0.4 is 5.32 Å². The maximum Gasteiger partial charge on any atom is 0.145 e. The van der Waals surface area contributed by atoms with Gasteiger partial charge in [0, 0.05) is 12.1 Å². The van der Waals surface area contributed by atoms with Crippen molar-refractivity contribution >= 4 is 0 Å². The molecule has 1 N–H and O–H groups in total. The summed E-state index contributed by atoms with van der Waals surface area (Å²) in [5.41, 5.74) is 0.710. The van der Waals surface area contributed by atoms with Crippen LogP contribution in [0.3, 0.4) is 0 Å². The Morgan fingerprint density at radius 3 is 2.88 bits per heavy atom. The Morgan fingerprint density at radius 2 is 2.25 bits per heavy atom. The minimum Gasteiger partial charge on any atom is -0.312 e. The van der Waals surface area contributed by atoms with Gasteiger partial charge < -0.3 is 5.32 Å². The molecule has 0 saturated heterocycles. The molecule has 84 valence electrons. The molecule has 1 aliphatic carbocycles. The lowest BCUT2D eigenvalue weighted by atomic mass is 9.85. The number of hydrogen-bond acceptors (Lipinski definition) is 2. The predicted octanol–water partition coefficient (Wildman–Crippen LogP) is 2.59. The van der Waals surface area contributed by atoms with E-state index in [4.69, 9.17) is 5.26 Å². The highest BCUT2D eigenvalue weighted by atomic mass is 19.1. The largest absolute Gasteiger partial charge is 0.312 e. The van der Waals surface area contributed by atoms with Crippen LogP contribution in [-0.4, -0.2) is 6.54 Å². The molecule has 1 fully saturated rings. The second-order valence-corrected chi connectivity index (χ2v) is 4.32. The van der Waals surface area contributed by atoms with Gasteiger partial charge in [-0.2, -0.15) is 5.26 Å². The standard InChI is InChI=1S/C13H15FN2/c14-13-11(7-15)5-2-6-12(13)9-16-8-10-3-1-4-10/h2,5-6,10,16H,1,3-4,8-9H2. The SMILES string of the molecule is N#Cc1cccc(CNCC2CCC2)c1F. The maximum absolute atomic E-state index is 13.6. The van der Waals surface area contributed by atoms with Gasteiger partial charge in [-0.15, -0.1) is 0 Å². The van der Waals surface area contributed by atoms with E-state index in [1.54, 1.807) is 12.1 Å². The van der Waals surface area contributed by atoms with Gasteiger partial charge in [0.15, 0.2) is 0 Å². The molecule has 1 saturated carbocycles. The lowest BCUT2D eigenvalue weighted by Gasteiger charge is -2.25. The summed E-state index contributed by atoms with van der Waals surface area (Å²) < 4.78 is 13.6. The molecule has 16 heavy (non-hydrogen) atoms. The normalized spacial score (nSPS) is 15.5. The Balaban J connectivity index is 1.90. The molecule has 0 amide bonds. The average molecular weight is 218 g/mol. The van der Waals surface area contributed by atoms with Crippen LogP contribution in [0.25, 0.3) is 0 Å². The van der Waals surface area contributed by atoms with Gasteiger partial charge in [-0.05, 0) is 31.4 Å². The lowest BCUT2D eigenvalue weighted by Crippen LogP contribution is -2.27. The molecule has 0 bridgehead atoms. The van der Waals surface area contributed by atoms with Gasteiger partial charge in [-0.3, -0.25) is 0 Å². The molecule has 0 aromatic heterocycles. The second kappa shape index (κ2) is 5.09. The molecule has 0 aliphatic heterocycles. The molecule has 0 atom stereocenters. The van der Waals surface area contributed by atoms with Crippen molar-refractivity contribution < 1.29 is 4.39 Å². The molecule has 2 rings (SSSR count). The highest BCUT2D eigenvalue weighted by Gasteiger charge is 2.16. The van der Waals surface area contributed by atoms with Crippen LogP contribution in [-0.2, 0) is 6.54 Å². The van der Waals surface area contributed by atoms with E-state index < -0.39 is 0 Å². The first-order chi connectivity index (χ1) is 7.81. The zero-order valence-corrected chi connectivity index (χ0v) is 9.17. The number of rotatable bonds is 4. The summed E-state index contributed by atoms with van der Waals surface area (Å²) in [6.07, 6.45) is 3.89. The zero-order chi connectivity index (χ0) is 11.4. The Kier molecular flexibility index (Phi) is 3.53. The van der Waals surface area contributed by atoms with Crippen LogP contribution in [0.1, 0.15) is 30.4 Å². The van der Waals surface area contributed by atoms with Gasteiger partial charge in [-0.25, -0.2) is 4.39 Å². The summed E-state index contributed by atoms with van der Waals surface area (Å²) in [5, 5.41) is 11.9. The summed E-state index contributed by atoms with van der Waals surface area (Å²) in [6.45, 7) is 1.47. The predicted molar refractivity (Wildman–Crippen MR) is 60.2 cm³/mol. The third-order valence-corrected chi connectivity index (χ3v) is 3.17. The minimum absolute atomic E-state index is 0.128. The molecule has 2 nitrogen and oxygen atoms in total. The van der Waals surface area contributed by atoms with Gasteiger partial charge in [0.1, 0.15) is 11.9 Å². The van der Waals surface area contributed by atoms with E-state index in [1.807, 2.05) is 6.07 Å². The first kappa shape index (κ1) is 11.1. The van der Waals surface area contributed by atoms with Gasteiger partial charge >= 0.3 is 0 Å². The molecule has 0 unspecified atom stereocenters. The van der Waals surface area contributed by atoms with E-state index in [-0.39, 0.29) is 11.4 Å². The Bertz CT molecular complexity index is 405. The van der Waals surface area contributed by atoms with Crippen molar-refractivity contribution in [3.63, 3.8) is 0 Å². The maximum atomic E-state index is 13.6. The van der Waals surface area contributed by atoms with E-state index in [1.165, 1.54) is 25.3 Å². The fourth-order valence-electron chi connectivity index (χ4n) is 1.91. The molecule has 0 spiro atoms. The van der Waals surface area contributed by atoms with Crippen molar-refractivity contribution in [1.82, 2.24) is 5.32 Å². The van der Waals surface area contributed by atoms with Gasteiger partial charge in [0.25, 0.3) is 0 Å². The fraction of sp³-hybridized carbons (Fsp3) is 0.462.